The number of primary amides is 1. The van der Waals surface area contributed by atoms with Crippen molar-refractivity contribution in [3.05, 3.63) is 0 Å². The molecule has 0 aliphatic carbocycles. The Balaban J connectivity index is 3.83. The van der Waals surface area contributed by atoms with E-state index in [0.717, 1.165) is 0 Å². The number of nitrogens with one attached hydrogen (secondary N) is 2. The van der Waals surface area contributed by atoms with Gasteiger partial charge >= 0.3 is 0 Å². The predicted molar refractivity (Wildman–Crippen MR) is 54.5 cm³/mol. The highest BCUT2D eigenvalue weighted by atomic mass is 16.3. The molecule has 0 bridgehead atoms. The van der Waals surface area contributed by atoms with E-state index >= 15 is 0 Å². The molecule has 2 amide bonds. The number of nitrogens with two attached hydrogens (primary N) is 1. The standard InChI is InChI=1S/C9H15N3O3/c1-3-4-11-9(15)6(2)12-5-7(13)8(10)14/h1,6-7,12-13H,4-5H2,2H3,(H2,10,14)(H,11,15). The Bertz CT molecular complexity index is 272. The molecular formula is C9H15N3O3. The molecule has 0 saturated carbocycles. The number of hydrogen-bond acceptors (Lipinski definition) is 4. The molecule has 0 aliphatic rings. The summed E-state index contributed by atoms with van der Waals surface area (Å²) in [4.78, 5) is 21.7. The van der Waals surface area contributed by atoms with Gasteiger partial charge in [0.1, 0.15) is 6.10 Å². The average molecular weight is 213 g/mol. The number of amides is 2. The Labute approximate surface area is 88.2 Å². The molecule has 0 saturated heterocycles. The summed E-state index contributed by atoms with van der Waals surface area (Å²) >= 11 is 0. The van der Waals surface area contributed by atoms with E-state index in [9.17, 15) is 9.59 Å². The van der Waals surface area contributed by atoms with Crippen molar-refractivity contribution in [2.24, 2.45) is 5.73 Å². The van der Waals surface area contributed by atoms with Crippen molar-refractivity contribution >= 4 is 11.8 Å². The lowest BCUT2D eigenvalue weighted by molar-refractivity contribution is -0.127. The van der Waals surface area contributed by atoms with Crippen LogP contribution in [0.25, 0.3) is 0 Å². The highest BCUT2D eigenvalue weighted by Gasteiger charge is 2.15. The van der Waals surface area contributed by atoms with Crippen LogP contribution in [0.1, 0.15) is 6.92 Å². The molecule has 6 nitrogen and oxygen atoms in total. The number of rotatable bonds is 6. The van der Waals surface area contributed by atoms with E-state index in [2.05, 4.69) is 16.6 Å². The lowest BCUT2D eigenvalue weighted by Gasteiger charge is -2.14. The monoisotopic (exact) mass is 213 g/mol. The maximum atomic E-state index is 11.2. The second-order valence-corrected chi connectivity index (χ2v) is 2.97. The summed E-state index contributed by atoms with van der Waals surface area (Å²) in [5.41, 5.74) is 4.82. The molecular weight excluding hydrogens is 198 g/mol. The van der Waals surface area contributed by atoms with Gasteiger partial charge < -0.3 is 21.5 Å². The maximum Gasteiger partial charge on any atom is 0.247 e. The van der Waals surface area contributed by atoms with Crippen LogP contribution in [0.3, 0.4) is 0 Å². The van der Waals surface area contributed by atoms with Crippen molar-refractivity contribution in [3.8, 4) is 12.3 Å². The van der Waals surface area contributed by atoms with Gasteiger partial charge in [0.15, 0.2) is 0 Å². The summed E-state index contributed by atoms with van der Waals surface area (Å²) in [7, 11) is 0. The van der Waals surface area contributed by atoms with Crippen molar-refractivity contribution in [1.82, 2.24) is 10.6 Å². The lowest BCUT2D eigenvalue weighted by Crippen LogP contribution is -2.47. The number of terminal acetylenes is 1. The molecule has 2 unspecified atom stereocenters. The minimum atomic E-state index is -1.30. The Kier molecular flexibility index (Phi) is 6.09. The molecule has 84 valence electrons. The van der Waals surface area contributed by atoms with Gasteiger partial charge in [-0.25, -0.2) is 0 Å². The molecule has 0 fully saturated rings. The molecule has 5 N–H and O–H groups in total. The second-order valence-electron chi connectivity index (χ2n) is 2.97. The Morgan fingerprint density at radius 1 is 1.60 bits per heavy atom. The van der Waals surface area contributed by atoms with Crippen LogP contribution >= 0.6 is 0 Å². The smallest absolute Gasteiger partial charge is 0.247 e. The molecule has 0 aliphatic heterocycles. The molecule has 0 aromatic carbocycles. The Hall–Kier alpha value is -1.58. The van der Waals surface area contributed by atoms with Crippen LogP contribution in [0.15, 0.2) is 0 Å². The molecule has 0 aromatic heterocycles. The van der Waals surface area contributed by atoms with Crippen molar-refractivity contribution in [2.45, 2.75) is 19.1 Å². The Morgan fingerprint density at radius 3 is 2.67 bits per heavy atom. The molecule has 15 heavy (non-hydrogen) atoms. The van der Waals surface area contributed by atoms with E-state index in [0.29, 0.717) is 0 Å². The molecule has 2 atom stereocenters. The first kappa shape index (κ1) is 13.4. The highest BCUT2D eigenvalue weighted by Crippen LogP contribution is 1.84. The summed E-state index contributed by atoms with van der Waals surface area (Å²) in [5.74, 6) is 1.12. The van der Waals surface area contributed by atoms with Crippen LogP contribution in [0.4, 0.5) is 0 Å². The van der Waals surface area contributed by atoms with Gasteiger partial charge in [-0.2, -0.15) is 0 Å². The van der Waals surface area contributed by atoms with Crippen molar-refractivity contribution in [2.75, 3.05) is 13.1 Å². The summed E-state index contributed by atoms with van der Waals surface area (Å²) in [6, 6.07) is -0.549. The summed E-state index contributed by atoms with van der Waals surface area (Å²) in [6.07, 6.45) is 3.65. The minimum absolute atomic E-state index is 0.0695. The first-order valence-corrected chi connectivity index (χ1v) is 4.41. The largest absolute Gasteiger partial charge is 0.382 e. The van der Waals surface area contributed by atoms with Gasteiger partial charge in [0, 0.05) is 6.54 Å². The van der Waals surface area contributed by atoms with Gasteiger partial charge in [0.05, 0.1) is 12.6 Å². The van der Waals surface area contributed by atoms with Gasteiger partial charge in [0.2, 0.25) is 11.8 Å². The molecule has 6 heteroatoms. The van der Waals surface area contributed by atoms with E-state index in [4.69, 9.17) is 17.3 Å². The predicted octanol–water partition coefficient (Wildman–Crippen LogP) is -2.44. The van der Waals surface area contributed by atoms with Crippen molar-refractivity contribution in [1.29, 1.82) is 0 Å². The zero-order valence-electron chi connectivity index (χ0n) is 8.49. The molecule has 0 aromatic rings. The van der Waals surface area contributed by atoms with Crippen LogP contribution < -0.4 is 16.4 Å². The maximum absolute atomic E-state index is 11.2. The lowest BCUT2D eigenvalue weighted by atomic mass is 10.2. The van der Waals surface area contributed by atoms with E-state index in [-0.39, 0.29) is 19.0 Å². The first-order valence-electron chi connectivity index (χ1n) is 4.41. The number of aliphatic hydroxyl groups is 1. The van der Waals surface area contributed by atoms with Gasteiger partial charge in [-0.3, -0.25) is 9.59 Å². The molecule has 0 rings (SSSR count). The zero-order valence-corrected chi connectivity index (χ0v) is 8.49. The van der Waals surface area contributed by atoms with Gasteiger partial charge in [-0.15, -0.1) is 6.42 Å². The third kappa shape index (κ3) is 5.67. The van der Waals surface area contributed by atoms with E-state index < -0.39 is 18.1 Å². The van der Waals surface area contributed by atoms with Crippen molar-refractivity contribution < 1.29 is 14.7 Å². The molecule has 0 spiro atoms. The SMILES string of the molecule is C#CCNC(=O)C(C)NCC(O)C(N)=O. The third-order valence-electron chi connectivity index (χ3n) is 1.70. The van der Waals surface area contributed by atoms with Crippen LogP contribution in [-0.4, -0.2) is 42.2 Å². The third-order valence-corrected chi connectivity index (χ3v) is 1.70. The fourth-order valence-corrected chi connectivity index (χ4v) is 0.773. The quantitative estimate of drug-likeness (QED) is 0.368. The van der Waals surface area contributed by atoms with E-state index in [1.807, 2.05) is 0 Å². The summed E-state index contributed by atoms with van der Waals surface area (Å²) < 4.78 is 0. The fourth-order valence-electron chi connectivity index (χ4n) is 0.773. The van der Waals surface area contributed by atoms with E-state index in [1.165, 1.54) is 0 Å². The second kappa shape index (κ2) is 6.81. The fraction of sp³-hybridized carbons (Fsp3) is 0.556. The average Bonchev–Trinajstić information content (AvgIpc) is 2.21. The first-order chi connectivity index (χ1) is 6.99. The van der Waals surface area contributed by atoms with Crippen LogP contribution in [0.2, 0.25) is 0 Å². The van der Waals surface area contributed by atoms with Crippen molar-refractivity contribution in [3.63, 3.8) is 0 Å². The van der Waals surface area contributed by atoms with Gasteiger partial charge in [0.25, 0.3) is 0 Å². The van der Waals surface area contributed by atoms with Gasteiger partial charge in [-0.05, 0) is 6.92 Å². The molecule has 0 heterocycles. The van der Waals surface area contributed by atoms with E-state index in [1.54, 1.807) is 6.92 Å². The summed E-state index contributed by atoms with van der Waals surface area (Å²) in [6.45, 7) is 1.66. The number of carbonyl (C=O) groups is 2. The number of carbonyl (C=O) groups excluding carboxylic acids is 2. The summed E-state index contributed by atoms with van der Waals surface area (Å²) in [5, 5.41) is 14.1. The normalized spacial score (nSPS) is 13.7. The highest BCUT2D eigenvalue weighted by molar-refractivity contribution is 5.82. The van der Waals surface area contributed by atoms with Crippen LogP contribution in [0, 0.1) is 12.3 Å². The van der Waals surface area contributed by atoms with Gasteiger partial charge in [-0.1, -0.05) is 5.92 Å². The Morgan fingerprint density at radius 2 is 2.20 bits per heavy atom. The number of aliphatic hydroxyl groups excluding tert-OH is 1. The zero-order chi connectivity index (χ0) is 11.8. The molecule has 0 radical (unpaired) electrons. The number of hydrogen-bond donors (Lipinski definition) is 4. The van der Waals surface area contributed by atoms with Crippen LogP contribution in [0.5, 0.6) is 0 Å². The van der Waals surface area contributed by atoms with Crippen LogP contribution in [-0.2, 0) is 9.59 Å². The minimum Gasteiger partial charge on any atom is -0.382 e. The topological polar surface area (TPSA) is 104 Å².